The number of amides is 1. The van der Waals surface area contributed by atoms with E-state index in [0.717, 1.165) is 5.01 Å². The zero-order valence-electron chi connectivity index (χ0n) is 9.75. The molecule has 0 aliphatic carbocycles. The Morgan fingerprint density at radius 3 is 2.72 bits per heavy atom. The maximum atomic E-state index is 11.7. The molecule has 8 heteroatoms. The summed E-state index contributed by atoms with van der Waals surface area (Å²) in [4.78, 5) is 19.6. The Kier molecular flexibility index (Phi) is 3.78. The second kappa shape index (κ2) is 5.50. The fourth-order valence-corrected chi connectivity index (χ4v) is 1.87. The summed E-state index contributed by atoms with van der Waals surface area (Å²) in [5.74, 6) is 0.434. The molecular weight excluding hydrogens is 252 g/mol. The summed E-state index contributed by atoms with van der Waals surface area (Å²) in [6.07, 6.45) is 3.61. The SMILES string of the molecule is Cc1ncc(C(=O)NCCc2nnc(N)s2)cn1. The van der Waals surface area contributed by atoms with E-state index in [0.29, 0.717) is 29.5 Å². The van der Waals surface area contributed by atoms with Crippen molar-refractivity contribution in [3.05, 3.63) is 28.8 Å². The molecule has 0 atom stereocenters. The first-order valence-corrected chi connectivity index (χ1v) is 6.11. The number of rotatable bonds is 4. The predicted molar refractivity (Wildman–Crippen MR) is 67.1 cm³/mol. The molecule has 2 heterocycles. The van der Waals surface area contributed by atoms with Crippen LogP contribution < -0.4 is 11.1 Å². The summed E-state index contributed by atoms with van der Waals surface area (Å²) in [6.45, 7) is 2.24. The van der Waals surface area contributed by atoms with Crippen molar-refractivity contribution in [3.63, 3.8) is 0 Å². The van der Waals surface area contributed by atoms with Gasteiger partial charge in [-0.3, -0.25) is 4.79 Å². The van der Waals surface area contributed by atoms with Crippen molar-refractivity contribution in [3.8, 4) is 0 Å². The molecule has 0 bridgehead atoms. The van der Waals surface area contributed by atoms with Gasteiger partial charge in [0.1, 0.15) is 10.8 Å². The van der Waals surface area contributed by atoms with E-state index in [1.165, 1.54) is 23.7 Å². The van der Waals surface area contributed by atoms with Crippen LogP contribution in [0.4, 0.5) is 5.13 Å². The summed E-state index contributed by atoms with van der Waals surface area (Å²) < 4.78 is 0. The van der Waals surface area contributed by atoms with Crippen LogP contribution in [0.1, 0.15) is 21.2 Å². The molecule has 2 rings (SSSR count). The predicted octanol–water partition coefficient (Wildman–Crippen LogP) is 0.191. The summed E-state index contributed by atoms with van der Waals surface area (Å²) >= 11 is 1.32. The van der Waals surface area contributed by atoms with Gasteiger partial charge in [-0.25, -0.2) is 9.97 Å². The van der Waals surface area contributed by atoms with Crippen molar-refractivity contribution in [1.29, 1.82) is 0 Å². The molecule has 3 N–H and O–H groups in total. The van der Waals surface area contributed by atoms with Crippen LogP contribution in [0.15, 0.2) is 12.4 Å². The van der Waals surface area contributed by atoms with Gasteiger partial charge in [-0.2, -0.15) is 0 Å². The third-order valence-electron chi connectivity index (χ3n) is 2.15. The summed E-state index contributed by atoms with van der Waals surface area (Å²) in [5, 5.41) is 11.5. The van der Waals surface area contributed by atoms with E-state index in [-0.39, 0.29) is 5.91 Å². The van der Waals surface area contributed by atoms with E-state index in [1.807, 2.05) is 0 Å². The minimum Gasteiger partial charge on any atom is -0.374 e. The molecule has 94 valence electrons. The Morgan fingerprint density at radius 2 is 2.11 bits per heavy atom. The highest BCUT2D eigenvalue weighted by Gasteiger charge is 2.07. The molecule has 18 heavy (non-hydrogen) atoms. The van der Waals surface area contributed by atoms with E-state index in [1.54, 1.807) is 6.92 Å². The Hall–Kier alpha value is -2.09. The number of anilines is 1. The molecule has 2 aromatic heterocycles. The molecule has 0 aliphatic rings. The molecule has 0 spiro atoms. The number of hydrogen-bond donors (Lipinski definition) is 2. The van der Waals surface area contributed by atoms with Gasteiger partial charge in [0.25, 0.3) is 5.91 Å². The molecule has 2 aromatic rings. The quantitative estimate of drug-likeness (QED) is 0.816. The molecule has 0 unspecified atom stereocenters. The lowest BCUT2D eigenvalue weighted by molar-refractivity contribution is 0.0953. The van der Waals surface area contributed by atoms with E-state index in [2.05, 4.69) is 25.5 Å². The van der Waals surface area contributed by atoms with Gasteiger partial charge < -0.3 is 11.1 Å². The maximum absolute atomic E-state index is 11.7. The molecule has 0 saturated heterocycles. The Morgan fingerprint density at radius 1 is 1.39 bits per heavy atom. The van der Waals surface area contributed by atoms with Gasteiger partial charge in [0.05, 0.1) is 5.56 Å². The number of nitrogens with zero attached hydrogens (tertiary/aromatic N) is 4. The molecule has 7 nitrogen and oxygen atoms in total. The second-order valence-electron chi connectivity index (χ2n) is 3.56. The van der Waals surface area contributed by atoms with Gasteiger partial charge in [0, 0.05) is 25.4 Å². The zero-order chi connectivity index (χ0) is 13.0. The van der Waals surface area contributed by atoms with Crippen LogP contribution in [0.25, 0.3) is 0 Å². The topological polar surface area (TPSA) is 107 Å². The smallest absolute Gasteiger partial charge is 0.254 e. The van der Waals surface area contributed by atoms with E-state index in [4.69, 9.17) is 5.73 Å². The molecule has 0 radical (unpaired) electrons. The zero-order valence-corrected chi connectivity index (χ0v) is 10.6. The largest absolute Gasteiger partial charge is 0.374 e. The second-order valence-corrected chi connectivity index (χ2v) is 4.65. The van der Waals surface area contributed by atoms with Gasteiger partial charge in [-0.05, 0) is 6.92 Å². The Labute approximate surface area is 107 Å². The minimum atomic E-state index is -0.201. The van der Waals surface area contributed by atoms with E-state index in [9.17, 15) is 4.79 Å². The monoisotopic (exact) mass is 264 g/mol. The first kappa shape index (κ1) is 12.4. The van der Waals surface area contributed by atoms with Gasteiger partial charge in [0.15, 0.2) is 0 Å². The van der Waals surface area contributed by atoms with Crippen molar-refractivity contribution in [1.82, 2.24) is 25.5 Å². The molecule has 1 amide bonds. The fraction of sp³-hybridized carbons (Fsp3) is 0.300. The van der Waals surface area contributed by atoms with Gasteiger partial charge in [0.2, 0.25) is 5.13 Å². The van der Waals surface area contributed by atoms with Crippen LogP contribution in [0.5, 0.6) is 0 Å². The number of nitrogen functional groups attached to an aromatic ring is 1. The summed E-state index contributed by atoms with van der Waals surface area (Å²) in [6, 6.07) is 0. The van der Waals surface area contributed by atoms with Crippen molar-refractivity contribution in [2.24, 2.45) is 0 Å². The van der Waals surface area contributed by atoms with E-state index >= 15 is 0 Å². The summed E-state index contributed by atoms with van der Waals surface area (Å²) in [7, 11) is 0. The number of carbonyl (C=O) groups excluding carboxylic acids is 1. The highest BCUT2D eigenvalue weighted by molar-refractivity contribution is 7.15. The standard InChI is InChI=1S/C10H12N6OS/c1-6-13-4-7(5-14-6)9(17)12-3-2-8-15-16-10(11)18-8/h4-5H,2-3H2,1H3,(H2,11,16)(H,12,17). The van der Waals surface area contributed by atoms with Crippen molar-refractivity contribution >= 4 is 22.4 Å². The van der Waals surface area contributed by atoms with Gasteiger partial charge in [-0.15, -0.1) is 10.2 Å². The van der Waals surface area contributed by atoms with Crippen LogP contribution in [0.2, 0.25) is 0 Å². The third kappa shape index (κ3) is 3.20. The number of carbonyl (C=O) groups is 1. The summed E-state index contributed by atoms with van der Waals surface area (Å²) in [5.41, 5.74) is 5.90. The maximum Gasteiger partial charge on any atom is 0.254 e. The van der Waals surface area contributed by atoms with Crippen molar-refractivity contribution in [2.75, 3.05) is 12.3 Å². The first-order valence-electron chi connectivity index (χ1n) is 5.30. The average Bonchev–Trinajstić information content (AvgIpc) is 2.76. The van der Waals surface area contributed by atoms with E-state index < -0.39 is 0 Å². The first-order chi connectivity index (χ1) is 8.65. The van der Waals surface area contributed by atoms with Crippen LogP contribution in [-0.2, 0) is 6.42 Å². The fourth-order valence-electron chi connectivity index (χ4n) is 1.26. The Balaban J connectivity index is 1.83. The number of nitrogens with two attached hydrogens (primary N) is 1. The number of aromatic nitrogens is 4. The number of nitrogens with one attached hydrogen (secondary N) is 1. The van der Waals surface area contributed by atoms with Crippen LogP contribution >= 0.6 is 11.3 Å². The van der Waals surface area contributed by atoms with Crippen LogP contribution in [0, 0.1) is 6.92 Å². The lowest BCUT2D eigenvalue weighted by Crippen LogP contribution is -2.26. The minimum absolute atomic E-state index is 0.201. The van der Waals surface area contributed by atoms with Gasteiger partial charge >= 0.3 is 0 Å². The van der Waals surface area contributed by atoms with Gasteiger partial charge in [-0.1, -0.05) is 11.3 Å². The highest BCUT2D eigenvalue weighted by atomic mass is 32.1. The Bertz CT molecular complexity index is 538. The highest BCUT2D eigenvalue weighted by Crippen LogP contribution is 2.10. The molecule has 0 aliphatic heterocycles. The number of aryl methyl sites for hydroxylation is 1. The van der Waals surface area contributed by atoms with Crippen molar-refractivity contribution in [2.45, 2.75) is 13.3 Å². The normalized spacial score (nSPS) is 10.3. The molecule has 0 saturated carbocycles. The third-order valence-corrected chi connectivity index (χ3v) is 2.96. The average molecular weight is 264 g/mol. The van der Waals surface area contributed by atoms with Crippen LogP contribution in [0.3, 0.4) is 0 Å². The lowest BCUT2D eigenvalue weighted by atomic mass is 10.3. The van der Waals surface area contributed by atoms with Crippen molar-refractivity contribution < 1.29 is 4.79 Å². The lowest BCUT2D eigenvalue weighted by Gasteiger charge is -2.02. The molecule has 0 fully saturated rings. The van der Waals surface area contributed by atoms with Crippen LogP contribution in [-0.4, -0.2) is 32.6 Å². The number of hydrogen-bond acceptors (Lipinski definition) is 7. The molecular formula is C10H12N6OS. The molecule has 0 aromatic carbocycles.